The van der Waals surface area contributed by atoms with Gasteiger partial charge in [0.05, 0.1) is 24.4 Å². The van der Waals surface area contributed by atoms with Crippen molar-refractivity contribution in [2.45, 2.75) is 38.5 Å². The monoisotopic (exact) mass is 293 g/mol. The van der Waals surface area contributed by atoms with Crippen molar-refractivity contribution in [1.82, 2.24) is 19.7 Å². The number of hydrogen-bond acceptors (Lipinski definition) is 5. The maximum absolute atomic E-state index is 9.97. The minimum Gasteiger partial charge on any atom is -0.391 e. The molecule has 0 aliphatic heterocycles. The summed E-state index contributed by atoms with van der Waals surface area (Å²) < 4.78 is 1.80. The molecule has 2 aromatic heterocycles. The highest BCUT2D eigenvalue weighted by Crippen LogP contribution is 2.34. The number of aryl methyl sites for hydroxylation is 2. The van der Waals surface area contributed by atoms with Crippen LogP contribution in [0.2, 0.25) is 5.15 Å². The highest BCUT2D eigenvalue weighted by atomic mass is 35.5. The highest BCUT2D eigenvalue weighted by molar-refractivity contribution is 6.29. The molecule has 0 bridgehead atoms. The molecule has 1 saturated carbocycles. The van der Waals surface area contributed by atoms with Crippen molar-refractivity contribution in [3.63, 3.8) is 0 Å². The summed E-state index contributed by atoms with van der Waals surface area (Å²) in [7, 11) is 0. The first kappa shape index (κ1) is 13.3. The molecule has 0 spiro atoms. The number of nitrogens with one attached hydrogen (secondary N) is 1. The van der Waals surface area contributed by atoms with Gasteiger partial charge in [-0.15, -0.1) is 0 Å². The number of aromatic nitrogens is 4. The van der Waals surface area contributed by atoms with Gasteiger partial charge < -0.3 is 10.4 Å². The van der Waals surface area contributed by atoms with Crippen LogP contribution in [0.3, 0.4) is 0 Å². The Hall–Kier alpha value is -1.66. The zero-order chi connectivity index (χ0) is 14.3. The van der Waals surface area contributed by atoms with Crippen LogP contribution in [0.25, 0.3) is 0 Å². The van der Waals surface area contributed by atoms with Crippen molar-refractivity contribution in [2.75, 3.05) is 5.32 Å². The van der Waals surface area contributed by atoms with Crippen molar-refractivity contribution < 1.29 is 5.11 Å². The van der Waals surface area contributed by atoms with Crippen molar-refractivity contribution in [3.8, 4) is 0 Å². The molecule has 0 radical (unpaired) electrons. The standard InChI is InChI=1S/C13H16ClN5O/c1-7-5-15-19(6-7)13-9(3-10(13)20)18-12-4-11(14)16-8(2)17-12/h4-6,9-10,13,20H,3H2,1-2H3,(H,16,17,18)/t9-,10+,13+/m1/s1. The van der Waals surface area contributed by atoms with Gasteiger partial charge in [-0.1, -0.05) is 11.6 Å². The number of anilines is 1. The van der Waals surface area contributed by atoms with E-state index in [9.17, 15) is 5.11 Å². The van der Waals surface area contributed by atoms with E-state index >= 15 is 0 Å². The predicted octanol–water partition coefficient (Wildman–Crippen LogP) is 1.73. The fourth-order valence-corrected chi connectivity index (χ4v) is 2.73. The first-order chi connectivity index (χ1) is 9.52. The lowest BCUT2D eigenvalue weighted by Crippen LogP contribution is -2.51. The fraction of sp³-hybridized carbons (Fsp3) is 0.462. The molecular weight excluding hydrogens is 278 g/mol. The molecule has 0 amide bonds. The van der Waals surface area contributed by atoms with Gasteiger partial charge in [0.2, 0.25) is 0 Å². The van der Waals surface area contributed by atoms with E-state index < -0.39 is 6.10 Å². The third-order valence-corrected chi connectivity index (χ3v) is 3.67. The summed E-state index contributed by atoms with van der Waals surface area (Å²) >= 11 is 5.92. The topological polar surface area (TPSA) is 75.9 Å². The van der Waals surface area contributed by atoms with Crippen LogP contribution in [0.15, 0.2) is 18.5 Å². The van der Waals surface area contributed by atoms with Gasteiger partial charge in [0.25, 0.3) is 0 Å². The lowest BCUT2D eigenvalue weighted by molar-refractivity contribution is 0.0133. The molecular formula is C13H16ClN5O. The number of nitrogens with zero attached hydrogens (tertiary/aromatic N) is 4. The molecule has 2 heterocycles. The van der Waals surface area contributed by atoms with Gasteiger partial charge in [-0.25, -0.2) is 9.97 Å². The van der Waals surface area contributed by atoms with Crippen LogP contribution in [0.1, 0.15) is 23.9 Å². The van der Waals surface area contributed by atoms with Crippen LogP contribution >= 0.6 is 11.6 Å². The van der Waals surface area contributed by atoms with Crippen LogP contribution in [0.5, 0.6) is 0 Å². The van der Waals surface area contributed by atoms with Crippen LogP contribution < -0.4 is 5.32 Å². The van der Waals surface area contributed by atoms with E-state index in [-0.39, 0.29) is 12.1 Å². The van der Waals surface area contributed by atoms with Gasteiger partial charge in [-0.2, -0.15) is 5.10 Å². The number of rotatable bonds is 3. The summed E-state index contributed by atoms with van der Waals surface area (Å²) in [6, 6.07) is 1.68. The predicted molar refractivity (Wildman–Crippen MR) is 75.8 cm³/mol. The molecule has 1 aliphatic carbocycles. The molecule has 0 aromatic carbocycles. The average molecular weight is 294 g/mol. The quantitative estimate of drug-likeness (QED) is 0.843. The molecule has 1 aliphatic rings. The molecule has 2 aromatic rings. The Morgan fingerprint density at radius 3 is 2.80 bits per heavy atom. The third-order valence-electron chi connectivity index (χ3n) is 3.48. The summed E-state index contributed by atoms with van der Waals surface area (Å²) in [5.74, 6) is 1.29. The zero-order valence-electron chi connectivity index (χ0n) is 11.3. The Labute approximate surface area is 121 Å². The SMILES string of the molecule is Cc1cnn([C@@H]2[C@@H](O)C[C@H]2Nc2cc(Cl)nc(C)n2)c1. The minimum atomic E-state index is -0.398. The van der Waals surface area contributed by atoms with E-state index in [0.29, 0.717) is 23.2 Å². The number of hydrogen-bond donors (Lipinski definition) is 2. The number of aliphatic hydroxyl groups excluding tert-OH is 1. The largest absolute Gasteiger partial charge is 0.391 e. The smallest absolute Gasteiger partial charge is 0.134 e. The van der Waals surface area contributed by atoms with Gasteiger partial charge in [0.1, 0.15) is 16.8 Å². The first-order valence-electron chi connectivity index (χ1n) is 6.49. The van der Waals surface area contributed by atoms with E-state index in [0.717, 1.165) is 5.56 Å². The maximum Gasteiger partial charge on any atom is 0.134 e. The summed E-state index contributed by atoms with van der Waals surface area (Å²) in [6.45, 7) is 3.77. The second kappa shape index (κ2) is 5.03. The Balaban J connectivity index is 1.77. The summed E-state index contributed by atoms with van der Waals surface area (Å²) in [4.78, 5) is 8.32. The van der Waals surface area contributed by atoms with Gasteiger partial charge in [-0.05, 0) is 25.8 Å². The molecule has 7 heteroatoms. The maximum atomic E-state index is 9.97. The Kier molecular flexibility index (Phi) is 3.35. The van der Waals surface area contributed by atoms with E-state index in [1.165, 1.54) is 0 Å². The van der Waals surface area contributed by atoms with Gasteiger partial charge >= 0.3 is 0 Å². The molecule has 106 valence electrons. The van der Waals surface area contributed by atoms with Gasteiger partial charge in [-0.3, -0.25) is 4.68 Å². The molecule has 6 nitrogen and oxygen atoms in total. The summed E-state index contributed by atoms with van der Waals surface area (Å²) in [6.07, 6.45) is 3.98. The normalized spacial score (nSPS) is 25.3. The van der Waals surface area contributed by atoms with Crippen molar-refractivity contribution in [2.24, 2.45) is 0 Å². The molecule has 0 saturated heterocycles. The van der Waals surface area contributed by atoms with Crippen molar-refractivity contribution in [3.05, 3.63) is 35.0 Å². The summed E-state index contributed by atoms with van der Waals surface area (Å²) in [5.41, 5.74) is 1.07. The molecule has 20 heavy (non-hydrogen) atoms. The van der Waals surface area contributed by atoms with E-state index in [2.05, 4.69) is 20.4 Å². The second-order valence-electron chi connectivity index (χ2n) is 5.17. The van der Waals surface area contributed by atoms with Crippen LogP contribution in [-0.4, -0.2) is 37.0 Å². The summed E-state index contributed by atoms with van der Waals surface area (Å²) in [5, 5.41) is 17.9. The molecule has 1 fully saturated rings. The minimum absolute atomic E-state index is 0.0784. The van der Waals surface area contributed by atoms with Crippen LogP contribution in [0.4, 0.5) is 5.82 Å². The molecule has 2 N–H and O–H groups in total. The Morgan fingerprint density at radius 2 is 2.20 bits per heavy atom. The highest BCUT2D eigenvalue weighted by Gasteiger charge is 2.42. The van der Waals surface area contributed by atoms with E-state index in [4.69, 9.17) is 11.6 Å². The van der Waals surface area contributed by atoms with Crippen molar-refractivity contribution >= 4 is 17.4 Å². The van der Waals surface area contributed by atoms with Gasteiger partial charge in [0, 0.05) is 12.3 Å². The average Bonchev–Trinajstić information content (AvgIpc) is 2.73. The van der Waals surface area contributed by atoms with Crippen LogP contribution in [0, 0.1) is 13.8 Å². The third kappa shape index (κ3) is 2.48. The van der Waals surface area contributed by atoms with Crippen LogP contribution in [-0.2, 0) is 0 Å². The van der Waals surface area contributed by atoms with Gasteiger partial charge in [0.15, 0.2) is 0 Å². The number of halogens is 1. The zero-order valence-corrected chi connectivity index (χ0v) is 12.0. The lowest BCUT2D eigenvalue weighted by Gasteiger charge is -2.42. The fourth-order valence-electron chi connectivity index (χ4n) is 2.51. The Morgan fingerprint density at radius 1 is 1.40 bits per heavy atom. The van der Waals surface area contributed by atoms with E-state index in [1.54, 1.807) is 23.9 Å². The number of aliphatic hydroxyl groups is 1. The lowest BCUT2D eigenvalue weighted by atomic mass is 9.83. The molecule has 3 atom stereocenters. The Bertz CT molecular complexity index is 609. The second-order valence-corrected chi connectivity index (χ2v) is 5.55. The first-order valence-corrected chi connectivity index (χ1v) is 6.87. The van der Waals surface area contributed by atoms with E-state index in [1.807, 2.05) is 13.1 Å². The molecule has 3 rings (SSSR count). The van der Waals surface area contributed by atoms with Crippen molar-refractivity contribution in [1.29, 1.82) is 0 Å². The molecule has 0 unspecified atom stereocenters.